The summed E-state index contributed by atoms with van der Waals surface area (Å²) in [6.07, 6.45) is 2.53. The van der Waals surface area contributed by atoms with Crippen molar-refractivity contribution in [1.82, 2.24) is 19.7 Å². The fourth-order valence-corrected chi connectivity index (χ4v) is 4.95. The average Bonchev–Trinajstić information content (AvgIpc) is 3.26. The summed E-state index contributed by atoms with van der Waals surface area (Å²) in [7, 11) is 0. The Morgan fingerprint density at radius 3 is 2.87 bits per heavy atom. The van der Waals surface area contributed by atoms with Crippen molar-refractivity contribution in [2.24, 2.45) is 5.92 Å². The number of rotatable bonds is 6. The first-order valence-corrected chi connectivity index (χ1v) is 11.5. The molecule has 0 radical (unpaired) electrons. The molecule has 1 atom stereocenters. The predicted octanol–water partition coefficient (Wildman–Crippen LogP) is 4.83. The number of hydrogen-bond donors (Lipinski definition) is 1. The molecule has 1 N–H and O–H groups in total. The number of thiazole rings is 1. The van der Waals surface area contributed by atoms with Crippen molar-refractivity contribution in [2.45, 2.75) is 39.8 Å². The fourth-order valence-electron chi connectivity index (χ4n) is 3.93. The van der Waals surface area contributed by atoms with Crippen LogP contribution in [0.4, 0.5) is 5.13 Å². The highest BCUT2D eigenvalue weighted by Gasteiger charge is 2.22. The summed E-state index contributed by atoms with van der Waals surface area (Å²) in [4.78, 5) is 19.9. The normalized spacial score (nSPS) is 17.2. The number of piperidine rings is 1. The minimum absolute atomic E-state index is 0.274. The molecular weight excluding hydrogens is 418 g/mol. The van der Waals surface area contributed by atoms with Crippen LogP contribution >= 0.6 is 22.9 Å². The van der Waals surface area contributed by atoms with E-state index in [1.54, 1.807) is 11.6 Å². The smallest absolute Gasteiger partial charge is 0.262 e. The SMILES string of the molecule is Cc1nn(Cc2ccccc2)c(Cl)c1C(=O)Nc1nc(CN2CCCC(C)C2)cs1. The third-order valence-corrected chi connectivity index (χ3v) is 6.56. The van der Waals surface area contributed by atoms with Gasteiger partial charge in [0.15, 0.2) is 5.13 Å². The van der Waals surface area contributed by atoms with Crippen molar-refractivity contribution >= 4 is 34.0 Å². The van der Waals surface area contributed by atoms with Gasteiger partial charge in [-0.3, -0.25) is 15.0 Å². The number of aryl methyl sites for hydroxylation is 1. The molecule has 30 heavy (non-hydrogen) atoms. The van der Waals surface area contributed by atoms with Gasteiger partial charge < -0.3 is 0 Å². The van der Waals surface area contributed by atoms with Crippen LogP contribution < -0.4 is 5.32 Å². The van der Waals surface area contributed by atoms with E-state index in [0.717, 1.165) is 36.8 Å². The van der Waals surface area contributed by atoms with E-state index in [1.165, 1.54) is 24.2 Å². The Balaban J connectivity index is 1.42. The topological polar surface area (TPSA) is 63.1 Å². The minimum Gasteiger partial charge on any atom is -0.298 e. The quantitative estimate of drug-likeness (QED) is 0.592. The number of aromatic nitrogens is 3. The molecule has 2 aromatic heterocycles. The van der Waals surface area contributed by atoms with Crippen LogP contribution in [0.1, 0.15) is 47.1 Å². The maximum Gasteiger partial charge on any atom is 0.262 e. The fraction of sp³-hybridized carbons (Fsp3) is 0.409. The van der Waals surface area contributed by atoms with Gasteiger partial charge >= 0.3 is 0 Å². The average molecular weight is 444 g/mol. The second kappa shape index (κ2) is 9.29. The molecule has 3 aromatic rings. The molecule has 0 saturated carbocycles. The number of nitrogens with zero attached hydrogens (tertiary/aromatic N) is 4. The van der Waals surface area contributed by atoms with E-state index in [0.29, 0.717) is 28.1 Å². The first-order valence-electron chi connectivity index (χ1n) is 10.2. The van der Waals surface area contributed by atoms with Crippen molar-refractivity contribution in [3.63, 3.8) is 0 Å². The van der Waals surface area contributed by atoms with E-state index in [1.807, 2.05) is 35.7 Å². The van der Waals surface area contributed by atoms with Crippen molar-refractivity contribution in [3.05, 3.63) is 63.4 Å². The van der Waals surface area contributed by atoms with Crippen molar-refractivity contribution in [2.75, 3.05) is 18.4 Å². The van der Waals surface area contributed by atoms with Crippen LogP contribution in [0.25, 0.3) is 0 Å². The lowest BCUT2D eigenvalue weighted by Gasteiger charge is -2.30. The summed E-state index contributed by atoms with van der Waals surface area (Å²) in [6.45, 7) is 7.65. The lowest BCUT2D eigenvalue weighted by Crippen LogP contribution is -2.33. The summed E-state index contributed by atoms with van der Waals surface area (Å²) >= 11 is 7.95. The predicted molar refractivity (Wildman–Crippen MR) is 121 cm³/mol. The molecule has 1 unspecified atom stereocenters. The van der Waals surface area contributed by atoms with Gasteiger partial charge in [-0.25, -0.2) is 9.67 Å². The van der Waals surface area contributed by atoms with Crippen LogP contribution in [-0.4, -0.2) is 38.7 Å². The van der Waals surface area contributed by atoms with Gasteiger partial charge in [-0.15, -0.1) is 11.3 Å². The number of benzene rings is 1. The number of carbonyl (C=O) groups excluding carboxylic acids is 1. The zero-order chi connectivity index (χ0) is 21.1. The van der Waals surface area contributed by atoms with E-state index < -0.39 is 0 Å². The van der Waals surface area contributed by atoms with E-state index in [2.05, 4.69) is 27.2 Å². The Morgan fingerprint density at radius 1 is 1.30 bits per heavy atom. The van der Waals surface area contributed by atoms with Crippen molar-refractivity contribution in [3.8, 4) is 0 Å². The number of amides is 1. The highest BCUT2D eigenvalue weighted by molar-refractivity contribution is 7.14. The second-order valence-electron chi connectivity index (χ2n) is 7.98. The molecule has 1 saturated heterocycles. The monoisotopic (exact) mass is 443 g/mol. The number of anilines is 1. The Morgan fingerprint density at radius 2 is 2.10 bits per heavy atom. The van der Waals surface area contributed by atoms with Gasteiger partial charge in [0.1, 0.15) is 5.15 Å². The molecule has 3 heterocycles. The number of hydrogen-bond acceptors (Lipinski definition) is 5. The van der Waals surface area contributed by atoms with Gasteiger partial charge in [0.05, 0.1) is 23.5 Å². The molecule has 6 nitrogen and oxygen atoms in total. The van der Waals surface area contributed by atoms with Crippen LogP contribution in [0, 0.1) is 12.8 Å². The van der Waals surface area contributed by atoms with E-state index in [4.69, 9.17) is 11.6 Å². The van der Waals surface area contributed by atoms with Crippen LogP contribution in [-0.2, 0) is 13.1 Å². The minimum atomic E-state index is -0.274. The standard InChI is InChI=1S/C22H26ClN5OS/c1-15-7-6-10-27(11-15)13-18-14-30-22(24-18)25-21(29)19-16(2)26-28(20(19)23)12-17-8-4-3-5-9-17/h3-5,8-9,14-15H,6-7,10-13H2,1-2H3,(H,24,25,29). The second-order valence-corrected chi connectivity index (χ2v) is 9.19. The van der Waals surface area contributed by atoms with E-state index in [9.17, 15) is 4.79 Å². The number of halogens is 1. The maximum atomic E-state index is 12.9. The molecule has 1 aliphatic rings. The third-order valence-electron chi connectivity index (χ3n) is 5.37. The molecule has 1 amide bonds. The molecule has 158 valence electrons. The van der Waals surface area contributed by atoms with Crippen LogP contribution in [0.15, 0.2) is 35.7 Å². The maximum absolute atomic E-state index is 12.9. The molecular formula is C22H26ClN5OS. The van der Waals surface area contributed by atoms with Gasteiger partial charge in [-0.1, -0.05) is 48.9 Å². The van der Waals surface area contributed by atoms with E-state index in [-0.39, 0.29) is 5.91 Å². The van der Waals surface area contributed by atoms with Gasteiger partial charge in [-0.05, 0) is 37.8 Å². The zero-order valence-electron chi connectivity index (χ0n) is 17.3. The van der Waals surface area contributed by atoms with Crippen LogP contribution in [0.2, 0.25) is 5.15 Å². The first kappa shape index (κ1) is 21.0. The molecule has 4 rings (SSSR count). The molecule has 0 spiro atoms. The molecule has 1 aliphatic heterocycles. The Kier molecular flexibility index (Phi) is 6.51. The Hall–Kier alpha value is -2.22. The lowest BCUT2D eigenvalue weighted by molar-refractivity contribution is 0.102. The van der Waals surface area contributed by atoms with Gasteiger partial charge in [-0.2, -0.15) is 5.10 Å². The molecule has 0 bridgehead atoms. The molecule has 1 aromatic carbocycles. The van der Waals surface area contributed by atoms with Gasteiger partial charge in [0.2, 0.25) is 0 Å². The summed E-state index contributed by atoms with van der Waals surface area (Å²) in [5.41, 5.74) is 3.07. The van der Waals surface area contributed by atoms with Crippen LogP contribution in [0.5, 0.6) is 0 Å². The molecule has 8 heteroatoms. The van der Waals surface area contributed by atoms with Crippen molar-refractivity contribution in [1.29, 1.82) is 0 Å². The highest BCUT2D eigenvalue weighted by Crippen LogP contribution is 2.25. The zero-order valence-corrected chi connectivity index (χ0v) is 18.8. The van der Waals surface area contributed by atoms with Gasteiger partial charge in [0.25, 0.3) is 5.91 Å². The first-order chi connectivity index (χ1) is 14.5. The number of carbonyl (C=O) groups is 1. The highest BCUT2D eigenvalue weighted by atomic mass is 35.5. The third kappa shape index (κ3) is 4.91. The molecule has 1 fully saturated rings. The summed E-state index contributed by atoms with van der Waals surface area (Å²) < 4.78 is 1.66. The van der Waals surface area contributed by atoms with E-state index >= 15 is 0 Å². The lowest BCUT2D eigenvalue weighted by atomic mass is 10.0. The Bertz CT molecular complexity index is 1020. The van der Waals surface area contributed by atoms with Crippen LogP contribution in [0.3, 0.4) is 0 Å². The largest absolute Gasteiger partial charge is 0.298 e. The van der Waals surface area contributed by atoms with Gasteiger partial charge in [0, 0.05) is 18.5 Å². The van der Waals surface area contributed by atoms with Crippen molar-refractivity contribution < 1.29 is 4.79 Å². The summed E-state index contributed by atoms with van der Waals surface area (Å²) in [6, 6.07) is 9.92. The number of nitrogens with one attached hydrogen (secondary N) is 1. The summed E-state index contributed by atoms with van der Waals surface area (Å²) in [5, 5.41) is 10.3. The number of likely N-dealkylation sites (tertiary alicyclic amines) is 1. The summed E-state index contributed by atoms with van der Waals surface area (Å²) in [5.74, 6) is 0.457. The Labute approximate surface area is 185 Å². The molecule has 0 aliphatic carbocycles.